The number of carbonyl (C=O) groups excluding carboxylic acids is 1. The van der Waals surface area contributed by atoms with E-state index in [1.807, 2.05) is 12.1 Å². The van der Waals surface area contributed by atoms with E-state index in [1.165, 1.54) is 17.0 Å². The van der Waals surface area contributed by atoms with Crippen molar-refractivity contribution in [2.24, 2.45) is 0 Å². The summed E-state index contributed by atoms with van der Waals surface area (Å²) in [6.45, 7) is 1.92. The summed E-state index contributed by atoms with van der Waals surface area (Å²) in [6.07, 6.45) is 0.637. The van der Waals surface area contributed by atoms with Gasteiger partial charge in [0, 0.05) is 6.54 Å². The first-order valence-corrected chi connectivity index (χ1v) is 10.4. The zero-order valence-electron chi connectivity index (χ0n) is 15.0. The van der Waals surface area contributed by atoms with Gasteiger partial charge in [-0.2, -0.15) is 0 Å². The summed E-state index contributed by atoms with van der Waals surface area (Å²) in [6, 6.07) is 12.5. The van der Waals surface area contributed by atoms with Gasteiger partial charge in [-0.15, -0.1) is 0 Å². The van der Waals surface area contributed by atoms with Crippen LogP contribution in [0.1, 0.15) is 29.7 Å². The third kappa shape index (κ3) is 3.88. The largest absolute Gasteiger partial charge is 0.479 e. The molecule has 1 amide bonds. The maximum atomic E-state index is 12.8. The van der Waals surface area contributed by atoms with Crippen molar-refractivity contribution >= 4 is 21.7 Å². The fourth-order valence-corrected chi connectivity index (χ4v) is 4.24. The highest BCUT2D eigenvalue weighted by Crippen LogP contribution is 2.30. The van der Waals surface area contributed by atoms with Crippen LogP contribution < -0.4 is 0 Å². The van der Waals surface area contributed by atoms with Crippen molar-refractivity contribution in [3.05, 3.63) is 65.2 Å². The minimum Gasteiger partial charge on any atom is -0.479 e. The molecule has 0 fully saturated rings. The monoisotopic (exact) mass is 387 g/mol. The van der Waals surface area contributed by atoms with Crippen LogP contribution in [0.4, 0.5) is 0 Å². The molecule has 2 aromatic carbocycles. The lowest BCUT2D eigenvalue weighted by molar-refractivity contribution is -0.151. The Kier molecular flexibility index (Phi) is 5.32. The predicted octanol–water partition coefficient (Wildman–Crippen LogP) is 2.23. The fourth-order valence-electron chi connectivity index (χ4n) is 3.36. The Balaban J connectivity index is 1.81. The number of amides is 1. The number of nitrogens with zero attached hydrogens (tertiary/aromatic N) is 1. The number of benzene rings is 2. The van der Waals surface area contributed by atoms with Gasteiger partial charge >= 0.3 is 5.97 Å². The highest BCUT2D eigenvalue weighted by atomic mass is 32.2. The Labute approximate surface area is 158 Å². The molecule has 1 atom stereocenters. The highest BCUT2D eigenvalue weighted by Gasteiger charge is 2.35. The molecule has 0 radical (unpaired) electrons. The first-order valence-electron chi connectivity index (χ1n) is 8.75. The molecule has 0 saturated heterocycles. The third-order valence-electron chi connectivity index (χ3n) is 4.86. The van der Waals surface area contributed by atoms with E-state index in [9.17, 15) is 23.1 Å². The summed E-state index contributed by atoms with van der Waals surface area (Å²) in [4.78, 5) is 26.2. The number of fused-ring (bicyclic) bond motifs is 1. The quantitative estimate of drug-likeness (QED) is 0.849. The molecule has 7 heteroatoms. The van der Waals surface area contributed by atoms with Crippen molar-refractivity contribution in [2.75, 3.05) is 12.3 Å². The van der Waals surface area contributed by atoms with E-state index in [-0.39, 0.29) is 23.0 Å². The number of hydrogen-bond acceptors (Lipinski definition) is 4. The summed E-state index contributed by atoms with van der Waals surface area (Å²) in [5.41, 5.74) is 2.25. The standard InChI is InChI=1S/C20H21NO5S/c1-2-27(25,26)16-9-7-14(8-10-16)13-18(22)21-12-11-15-5-3-4-6-17(15)19(21)20(23)24/h3-10,19H,2,11-13H2,1H3,(H,23,24). The van der Waals surface area contributed by atoms with Gasteiger partial charge in [-0.25, -0.2) is 13.2 Å². The Morgan fingerprint density at radius 3 is 2.41 bits per heavy atom. The number of carboxylic acids is 1. The summed E-state index contributed by atoms with van der Waals surface area (Å²) >= 11 is 0. The fraction of sp³-hybridized carbons (Fsp3) is 0.300. The van der Waals surface area contributed by atoms with Crippen molar-refractivity contribution in [1.29, 1.82) is 0 Å². The molecule has 0 saturated carbocycles. The molecule has 0 bridgehead atoms. The topological polar surface area (TPSA) is 91.8 Å². The van der Waals surface area contributed by atoms with Crippen LogP contribution in [0.3, 0.4) is 0 Å². The van der Waals surface area contributed by atoms with Crippen molar-refractivity contribution in [3.8, 4) is 0 Å². The smallest absolute Gasteiger partial charge is 0.331 e. The average Bonchev–Trinajstić information content (AvgIpc) is 2.67. The third-order valence-corrected chi connectivity index (χ3v) is 6.61. The number of carbonyl (C=O) groups is 2. The number of hydrogen-bond donors (Lipinski definition) is 1. The zero-order chi connectivity index (χ0) is 19.6. The van der Waals surface area contributed by atoms with Gasteiger partial charge in [0.15, 0.2) is 15.9 Å². The summed E-state index contributed by atoms with van der Waals surface area (Å²) < 4.78 is 23.8. The summed E-state index contributed by atoms with van der Waals surface area (Å²) in [5.74, 6) is -1.33. The van der Waals surface area contributed by atoms with Gasteiger partial charge < -0.3 is 10.0 Å². The Morgan fingerprint density at radius 2 is 1.78 bits per heavy atom. The van der Waals surface area contributed by atoms with E-state index in [2.05, 4.69) is 0 Å². The van der Waals surface area contributed by atoms with Gasteiger partial charge in [-0.3, -0.25) is 4.79 Å². The molecule has 142 valence electrons. The van der Waals surface area contributed by atoms with Crippen LogP contribution in [0.25, 0.3) is 0 Å². The Hall–Kier alpha value is -2.67. The zero-order valence-corrected chi connectivity index (χ0v) is 15.8. The lowest BCUT2D eigenvalue weighted by atomic mass is 9.92. The van der Waals surface area contributed by atoms with Crippen molar-refractivity contribution in [3.63, 3.8) is 0 Å². The van der Waals surface area contributed by atoms with Gasteiger partial charge in [0.25, 0.3) is 0 Å². The summed E-state index contributed by atoms with van der Waals surface area (Å²) in [5, 5.41) is 9.66. The molecular weight excluding hydrogens is 366 g/mol. The molecule has 3 rings (SSSR count). The molecule has 0 aliphatic carbocycles. The molecule has 27 heavy (non-hydrogen) atoms. The van der Waals surface area contributed by atoms with Crippen LogP contribution in [0, 0.1) is 0 Å². The van der Waals surface area contributed by atoms with Gasteiger partial charge in [0.2, 0.25) is 5.91 Å². The van der Waals surface area contributed by atoms with E-state index < -0.39 is 21.8 Å². The van der Waals surface area contributed by atoms with Gasteiger partial charge in [0.05, 0.1) is 17.1 Å². The van der Waals surface area contributed by atoms with Crippen LogP contribution >= 0.6 is 0 Å². The minimum atomic E-state index is -3.29. The molecule has 1 aliphatic rings. The molecule has 1 aliphatic heterocycles. The molecule has 1 unspecified atom stereocenters. The van der Waals surface area contributed by atoms with E-state index in [4.69, 9.17) is 0 Å². The molecule has 2 aromatic rings. The molecule has 0 spiro atoms. The van der Waals surface area contributed by atoms with E-state index in [1.54, 1.807) is 31.2 Å². The van der Waals surface area contributed by atoms with Crippen LogP contribution in [-0.4, -0.2) is 42.6 Å². The minimum absolute atomic E-state index is 0.0127. The van der Waals surface area contributed by atoms with Crippen LogP contribution in [0.2, 0.25) is 0 Å². The number of rotatable bonds is 5. The van der Waals surface area contributed by atoms with Crippen molar-refractivity contribution in [2.45, 2.75) is 30.7 Å². The maximum Gasteiger partial charge on any atom is 0.331 e. The van der Waals surface area contributed by atoms with Gasteiger partial charge in [-0.1, -0.05) is 43.3 Å². The van der Waals surface area contributed by atoms with Crippen LogP contribution in [0.5, 0.6) is 0 Å². The van der Waals surface area contributed by atoms with Crippen molar-refractivity contribution in [1.82, 2.24) is 4.90 Å². The van der Waals surface area contributed by atoms with E-state index in [0.717, 1.165) is 5.56 Å². The van der Waals surface area contributed by atoms with Crippen molar-refractivity contribution < 1.29 is 23.1 Å². The SMILES string of the molecule is CCS(=O)(=O)c1ccc(CC(=O)N2CCc3ccccc3C2C(=O)O)cc1. The normalized spacial score (nSPS) is 16.6. The van der Waals surface area contributed by atoms with E-state index in [0.29, 0.717) is 24.1 Å². The lowest BCUT2D eigenvalue weighted by Gasteiger charge is -2.34. The van der Waals surface area contributed by atoms with Crippen LogP contribution in [0.15, 0.2) is 53.4 Å². The van der Waals surface area contributed by atoms with E-state index >= 15 is 0 Å². The first-order chi connectivity index (χ1) is 12.8. The Bertz CT molecular complexity index is 966. The van der Waals surface area contributed by atoms with Gasteiger partial charge in [-0.05, 0) is 35.2 Å². The number of aliphatic carboxylic acids is 1. The number of carboxylic acid groups (broad SMARTS) is 1. The molecule has 0 aromatic heterocycles. The Morgan fingerprint density at radius 1 is 1.11 bits per heavy atom. The predicted molar refractivity (Wildman–Crippen MR) is 100 cm³/mol. The first kappa shape index (κ1) is 19.1. The summed E-state index contributed by atoms with van der Waals surface area (Å²) in [7, 11) is -3.29. The lowest BCUT2D eigenvalue weighted by Crippen LogP contribution is -2.44. The maximum absolute atomic E-state index is 12.8. The number of sulfone groups is 1. The second-order valence-electron chi connectivity index (χ2n) is 6.50. The van der Waals surface area contributed by atoms with Gasteiger partial charge in [0.1, 0.15) is 0 Å². The molecular formula is C20H21NO5S. The second kappa shape index (κ2) is 7.52. The van der Waals surface area contributed by atoms with Crippen LogP contribution in [-0.2, 0) is 32.3 Å². The molecule has 1 N–H and O–H groups in total. The molecule has 1 heterocycles. The average molecular weight is 387 g/mol. The second-order valence-corrected chi connectivity index (χ2v) is 8.78. The molecule has 6 nitrogen and oxygen atoms in total. The highest BCUT2D eigenvalue weighted by molar-refractivity contribution is 7.91.